The molecule has 3 aliphatic heterocycles. The third kappa shape index (κ3) is 2.24. The molecule has 7 nitrogen and oxygen atoms in total. The SMILES string of the molecule is B[C@]12C[C@H]3C(=O)N(C)[C@@H](C)C(=O)N3[C@H]1N(S(=O)(=O)c1ccccc1)c1ccccc12. The molecule has 0 aliphatic carbocycles. The number of amides is 2. The predicted molar refractivity (Wildman–Crippen MR) is 114 cm³/mol. The summed E-state index contributed by atoms with van der Waals surface area (Å²) >= 11 is 0. The zero-order valence-corrected chi connectivity index (χ0v) is 17.8. The van der Waals surface area contributed by atoms with Gasteiger partial charge in [-0.05, 0) is 37.1 Å². The molecule has 3 aliphatic rings. The van der Waals surface area contributed by atoms with Crippen LogP contribution in [0.1, 0.15) is 18.9 Å². The van der Waals surface area contributed by atoms with Crippen molar-refractivity contribution in [2.75, 3.05) is 11.4 Å². The summed E-state index contributed by atoms with van der Waals surface area (Å²) < 4.78 is 28.9. The summed E-state index contributed by atoms with van der Waals surface area (Å²) in [6, 6.07) is 14.3. The average Bonchev–Trinajstić information content (AvgIpc) is 3.19. The lowest BCUT2D eigenvalue weighted by Crippen LogP contribution is -2.65. The molecule has 5 rings (SSSR count). The second-order valence-corrected chi connectivity index (χ2v) is 10.3. The molecule has 3 heterocycles. The van der Waals surface area contributed by atoms with Crippen molar-refractivity contribution in [3.63, 3.8) is 0 Å². The smallest absolute Gasteiger partial charge is 0.266 e. The minimum absolute atomic E-state index is 0.146. The van der Waals surface area contributed by atoms with Gasteiger partial charge in [-0.1, -0.05) is 36.4 Å². The number of para-hydroxylation sites is 1. The molecule has 0 saturated carbocycles. The molecule has 2 aromatic rings. The van der Waals surface area contributed by atoms with Crippen molar-refractivity contribution in [3.8, 4) is 0 Å². The maximum atomic E-state index is 13.8. The lowest BCUT2D eigenvalue weighted by molar-refractivity contribution is -0.158. The van der Waals surface area contributed by atoms with Gasteiger partial charge in [0.15, 0.2) is 0 Å². The van der Waals surface area contributed by atoms with Crippen LogP contribution in [-0.2, 0) is 24.9 Å². The first-order chi connectivity index (χ1) is 14.2. The molecule has 0 unspecified atom stereocenters. The number of benzene rings is 2. The molecule has 0 bridgehead atoms. The Morgan fingerprint density at radius 1 is 1.00 bits per heavy atom. The molecule has 154 valence electrons. The van der Waals surface area contributed by atoms with Crippen LogP contribution in [0.2, 0.25) is 0 Å². The molecule has 2 aromatic carbocycles. The zero-order valence-electron chi connectivity index (χ0n) is 17.0. The molecule has 0 radical (unpaired) electrons. The lowest BCUT2D eigenvalue weighted by Gasteiger charge is -2.43. The number of hydrogen-bond donors (Lipinski definition) is 0. The van der Waals surface area contributed by atoms with Crippen molar-refractivity contribution in [2.45, 2.75) is 41.8 Å². The van der Waals surface area contributed by atoms with E-state index >= 15 is 0 Å². The summed E-state index contributed by atoms with van der Waals surface area (Å²) in [5, 5.41) is -0.681. The lowest BCUT2D eigenvalue weighted by atomic mass is 9.62. The number of piperazine rings is 1. The number of carbonyl (C=O) groups excluding carboxylic acids is 2. The zero-order chi connectivity index (χ0) is 21.4. The Labute approximate surface area is 176 Å². The van der Waals surface area contributed by atoms with Gasteiger partial charge in [-0.25, -0.2) is 12.7 Å². The van der Waals surface area contributed by atoms with E-state index in [-0.39, 0.29) is 16.7 Å². The highest BCUT2D eigenvalue weighted by Gasteiger charge is 2.65. The Morgan fingerprint density at radius 2 is 1.63 bits per heavy atom. The minimum Gasteiger partial charge on any atom is -0.332 e. The van der Waals surface area contributed by atoms with Crippen LogP contribution >= 0.6 is 0 Å². The predicted octanol–water partition coefficient (Wildman–Crippen LogP) is 0.511. The highest BCUT2D eigenvalue weighted by atomic mass is 32.2. The molecule has 2 fully saturated rings. The standard InChI is InChI=1S/C21H22BN3O4S/c1-13-18(26)24-17(19(27)23(13)2)12-21(22)15-10-6-7-11-16(15)25(20(21)24)30(28,29)14-8-4-3-5-9-14/h3-11,13,17,20H,12,22H2,1-2H3/t13-,17-,20-,21-/m0/s1. The number of fused-ring (bicyclic) bond motifs is 5. The fourth-order valence-corrected chi connectivity index (χ4v) is 6.98. The highest BCUT2D eigenvalue weighted by molar-refractivity contribution is 7.93. The Kier molecular flexibility index (Phi) is 3.90. The van der Waals surface area contributed by atoms with E-state index in [0.29, 0.717) is 12.1 Å². The second-order valence-electron chi connectivity index (χ2n) is 8.51. The molecular formula is C21H22BN3O4S. The largest absolute Gasteiger partial charge is 0.332 e. The van der Waals surface area contributed by atoms with E-state index in [1.165, 1.54) is 14.1 Å². The minimum atomic E-state index is -3.95. The number of rotatable bonds is 2. The second kappa shape index (κ2) is 6.10. The number of hydrogen-bond acceptors (Lipinski definition) is 4. The van der Waals surface area contributed by atoms with Crippen molar-refractivity contribution in [2.24, 2.45) is 0 Å². The van der Waals surface area contributed by atoms with Gasteiger partial charge in [-0.3, -0.25) is 9.59 Å². The Balaban J connectivity index is 1.74. The molecule has 0 spiro atoms. The first-order valence-electron chi connectivity index (χ1n) is 9.97. The quantitative estimate of drug-likeness (QED) is 0.660. The van der Waals surface area contributed by atoms with Crippen LogP contribution in [-0.4, -0.2) is 63.2 Å². The van der Waals surface area contributed by atoms with Crippen molar-refractivity contribution in [1.29, 1.82) is 0 Å². The summed E-state index contributed by atoms with van der Waals surface area (Å²) in [6.07, 6.45) is -0.394. The molecule has 0 aromatic heterocycles. The maximum Gasteiger partial charge on any atom is 0.266 e. The van der Waals surface area contributed by atoms with Crippen molar-refractivity contribution < 1.29 is 18.0 Å². The fourth-order valence-electron chi connectivity index (χ4n) is 5.24. The van der Waals surface area contributed by atoms with E-state index in [1.54, 1.807) is 56.4 Å². The number of likely N-dealkylation sites (N-methyl/N-ethyl adjacent to an activating group) is 1. The van der Waals surface area contributed by atoms with Gasteiger partial charge in [0.05, 0.1) is 10.6 Å². The number of anilines is 1. The molecule has 30 heavy (non-hydrogen) atoms. The van der Waals surface area contributed by atoms with Gasteiger partial charge in [0.2, 0.25) is 11.8 Å². The van der Waals surface area contributed by atoms with E-state index < -0.39 is 33.6 Å². The van der Waals surface area contributed by atoms with Crippen LogP contribution in [0.3, 0.4) is 0 Å². The van der Waals surface area contributed by atoms with E-state index in [1.807, 2.05) is 20.0 Å². The van der Waals surface area contributed by atoms with Crippen LogP contribution < -0.4 is 4.31 Å². The van der Waals surface area contributed by atoms with Gasteiger partial charge < -0.3 is 9.80 Å². The average molecular weight is 423 g/mol. The van der Waals surface area contributed by atoms with Gasteiger partial charge in [0, 0.05) is 12.4 Å². The molecule has 4 atom stereocenters. The number of sulfonamides is 1. The molecule has 2 saturated heterocycles. The molecular weight excluding hydrogens is 401 g/mol. The third-order valence-corrected chi connectivity index (χ3v) is 8.67. The summed E-state index contributed by atoms with van der Waals surface area (Å²) in [5.41, 5.74) is 1.42. The van der Waals surface area contributed by atoms with Crippen LogP contribution in [0, 0.1) is 0 Å². The van der Waals surface area contributed by atoms with Crippen molar-refractivity contribution in [1.82, 2.24) is 9.80 Å². The number of nitrogens with zero attached hydrogens (tertiary/aromatic N) is 3. The topological polar surface area (TPSA) is 78.0 Å². The number of carbonyl (C=O) groups is 2. The normalized spacial score (nSPS) is 30.3. The van der Waals surface area contributed by atoms with E-state index in [9.17, 15) is 18.0 Å². The monoisotopic (exact) mass is 423 g/mol. The Bertz CT molecular complexity index is 1170. The van der Waals surface area contributed by atoms with Gasteiger partial charge in [0.25, 0.3) is 10.0 Å². The van der Waals surface area contributed by atoms with Gasteiger partial charge in [-0.15, -0.1) is 0 Å². The van der Waals surface area contributed by atoms with Gasteiger partial charge in [-0.2, -0.15) is 0 Å². The van der Waals surface area contributed by atoms with Gasteiger partial charge >= 0.3 is 0 Å². The Hall–Kier alpha value is -2.81. The first-order valence-corrected chi connectivity index (χ1v) is 11.4. The summed E-state index contributed by atoms with van der Waals surface area (Å²) in [5.74, 6) is -0.371. The van der Waals surface area contributed by atoms with Crippen LogP contribution in [0.4, 0.5) is 5.69 Å². The highest BCUT2D eigenvalue weighted by Crippen LogP contribution is 2.55. The van der Waals surface area contributed by atoms with Crippen molar-refractivity contribution in [3.05, 3.63) is 60.2 Å². The van der Waals surface area contributed by atoms with E-state index in [4.69, 9.17) is 0 Å². The molecule has 2 amide bonds. The summed E-state index contributed by atoms with van der Waals surface area (Å²) in [7, 11) is -0.363. The fraction of sp³-hybridized carbons (Fsp3) is 0.333. The Morgan fingerprint density at radius 3 is 2.33 bits per heavy atom. The van der Waals surface area contributed by atoms with Crippen LogP contribution in [0.15, 0.2) is 59.5 Å². The summed E-state index contributed by atoms with van der Waals surface area (Å²) in [6.45, 7) is 1.68. The van der Waals surface area contributed by atoms with Crippen LogP contribution in [0.5, 0.6) is 0 Å². The first kappa shape index (κ1) is 19.2. The van der Waals surface area contributed by atoms with Crippen LogP contribution in [0.25, 0.3) is 0 Å². The van der Waals surface area contributed by atoms with E-state index in [0.717, 1.165) is 5.56 Å². The molecule has 0 N–H and O–H groups in total. The third-order valence-electron chi connectivity index (χ3n) is 6.89. The van der Waals surface area contributed by atoms with Crippen molar-refractivity contribution >= 4 is 35.4 Å². The van der Waals surface area contributed by atoms with E-state index in [2.05, 4.69) is 0 Å². The van der Waals surface area contributed by atoms with Gasteiger partial charge in [0.1, 0.15) is 26.1 Å². The molecule has 9 heteroatoms. The summed E-state index contributed by atoms with van der Waals surface area (Å²) in [4.78, 5) is 29.5. The maximum absolute atomic E-state index is 13.8.